The Morgan fingerprint density at radius 3 is 3.00 bits per heavy atom. The normalized spacial score (nSPS) is 26.4. The highest BCUT2D eigenvalue weighted by atomic mass is 79.9. The van der Waals surface area contributed by atoms with Crippen molar-refractivity contribution < 1.29 is 9.13 Å². The molecular formula is C10H10BrFO. The highest BCUT2D eigenvalue weighted by Gasteiger charge is 2.33. The van der Waals surface area contributed by atoms with Crippen LogP contribution in [-0.4, -0.2) is 6.61 Å². The standard InChI is InChI=1S/C10H10BrFO/c1-10(12)5-6-13-9-7(10)3-2-4-8(9)11/h2-4H,5-6H2,1H3. The van der Waals surface area contributed by atoms with Crippen molar-refractivity contribution in [2.75, 3.05) is 6.61 Å². The number of para-hydroxylation sites is 1. The van der Waals surface area contributed by atoms with Crippen LogP contribution in [0.5, 0.6) is 5.75 Å². The van der Waals surface area contributed by atoms with E-state index in [1.807, 2.05) is 12.1 Å². The van der Waals surface area contributed by atoms with Gasteiger partial charge in [0.15, 0.2) is 0 Å². The van der Waals surface area contributed by atoms with Crippen molar-refractivity contribution in [1.29, 1.82) is 0 Å². The summed E-state index contributed by atoms with van der Waals surface area (Å²) >= 11 is 3.34. The van der Waals surface area contributed by atoms with Crippen molar-refractivity contribution in [3.8, 4) is 5.75 Å². The van der Waals surface area contributed by atoms with Crippen molar-refractivity contribution in [2.45, 2.75) is 19.0 Å². The van der Waals surface area contributed by atoms with Crippen LogP contribution in [-0.2, 0) is 5.67 Å². The molecule has 1 heterocycles. The molecule has 1 aliphatic rings. The maximum absolute atomic E-state index is 13.9. The Bertz CT molecular complexity index is 336. The first-order valence-corrected chi connectivity index (χ1v) is 5.01. The topological polar surface area (TPSA) is 9.23 Å². The lowest BCUT2D eigenvalue weighted by Crippen LogP contribution is -2.25. The number of benzene rings is 1. The number of hydrogen-bond donors (Lipinski definition) is 0. The second kappa shape index (κ2) is 2.98. The third-order valence-corrected chi connectivity index (χ3v) is 2.97. The molecule has 0 radical (unpaired) electrons. The van der Waals surface area contributed by atoms with Gasteiger partial charge in [0.2, 0.25) is 0 Å². The molecular weight excluding hydrogens is 235 g/mol. The monoisotopic (exact) mass is 244 g/mol. The molecule has 1 aliphatic heterocycles. The second-order valence-electron chi connectivity index (χ2n) is 3.41. The van der Waals surface area contributed by atoms with Gasteiger partial charge in [-0.25, -0.2) is 4.39 Å². The summed E-state index contributed by atoms with van der Waals surface area (Å²) in [5, 5.41) is 0. The molecule has 1 atom stereocenters. The number of fused-ring (bicyclic) bond motifs is 1. The Hall–Kier alpha value is -0.570. The number of ether oxygens (including phenoxy) is 1. The number of alkyl halides is 1. The maximum atomic E-state index is 13.9. The van der Waals surface area contributed by atoms with Gasteiger partial charge in [0.1, 0.15) is 11.4 Å². The fourth-order valence-electron chi connectivity index (χ4n) is 1.55. The summed E-state index contributed by atoms with van der Waals surface area (Å²) in [5.41, 5.74) is -0.606. The van der Waals surface area contributed by atoms with Crippen LogP contribution >= 0.6 is 15.9 Å². The van der Waals surface area contributed by atoms with Gasteiger partial charge in [-0.15, -0.1) is 0 Å². The average Bonchev–Trinajstić information content (AvgIpc) is 2.06. The fourth-order valence-corrected chi connectivity index (χ4v) is 2.03. The number of hydrogen-bond acceptors (Lipinski definition) is 1. The average molecular weight is 245 g/mol. The molecule has 3 heteroatoms. The van der Waals surface area contributed by atoms with E-state index < -0.39 is 5.67 Å². The van der Waals surface area contributed by atoms with Gasteiger partial charge in [0.05, 0.1) is 11.1 Å². The van der Waals surface area contributed by atoms with E-state index in [-0.39, 0.29) is 0 Å². The largest absolute Gasteiger partial charge is 0.492 e. The zero-order valence-corrected chi connectivity index (χ0v) is 8.90. The molecule has 1 aromatic rings. The third kappa shape index (κ3) is 1.46. The van der Waals surface area contributed by atoms with E-state index in [9.17, 15) is 4.39 Å². The zero-order chi connectivity index (χ0) is 9.47. The maximum Gasteiger partial charge on any atom is 0.140 e. The van der Waals surface area contributed by atoms with E-state index in [2.05, 4.69) is 15.9 Å². The van der Waals surface area contributed by atoms with Crippen LogP contribution in [0.25, 0.3) is 0 Å². The van der Waals surface area contributed by atoms with E-state index in [4.69, 9.17) is 4.74 Å². The van der Waals surface area contributed by atoms with E-state index in [1.54, 1.807) is 13.0 Å². The zero-order valence-electron chi connectivity index (χ0n) is 7.31. The Balaban J connectivity index is 2.58. The minimum Gasteiger partial charge on any atom is -0.492 e. The Kier molecular flexibility index (Phi) is 2.06. The summed E-state index contributed by atoms with van der Waals surface area (Å²) in [7, 11) is 0. The minimum absolute atomic E-state index is 0.427. The van der Waals surface area contributed by atoms with Gasteiger partial charge in [-0.05, 0) is 28.9 Å². The van der Waals surface area contributed by atoms with E-state index >= 15 is 0 Å². The first-order chi connectivity index (χ1) is 6.11. The smallest absolute Gasteiger partial charge is 0.140 e. The summed E-state index contributed by atoms with van der Waals surface area (Å²) in [6.45, 7) is 2.05. The van der Waals surface area contributed by atoms with E-state index in [0.29, 0.717) is 24.3 Å². The molecule has 2 rings (SSSR count). The molecule has 13 heavy (non-hydrogen) atoms. The van der Waals surface area contributed by atoms with Crippen LogP contribution in [0.3, 0.4) is 0 Å². The van der Waals surface area contributed by atoms with E-state index in [0.717, 1.165) is 4.47 Å². The van der Waals surface area contributed by atoms with Crippen molar-refractivity contribution in [1.82, 2.24) is 0 Å². The third-order valence-electron chi connectivity index (χ3n) is 2.35. The molecule has 0 amide bonds. The van der Waals surface area contributed by atoms with Gasteiger partial charge in [0.25, 0.3) is 0 Å². The SMILES string of the molecule is CC1(F)CCOc2c(Br)cccc21. The van der Waals surface area contributed by atoms with E-state index in [1.165, 1.54) is 0 Å². The molecule has 70 valence electrons. The molecule has 0 spiro atoms. The lowest BCUT2D eigenvalue weighted by molar-refractivity contribution is 0.109. The number of rotatable bonds is 0. The molecule has 0 N–H and O–H groups in total. The Morgan fingerprint density at radius 1 is 1.54 bits per heavy atom. The minimum atomic E-state index is -1.25. The van der Waals surface area contributed by atoms with Crippen LogP contribution in [0.15, 0.2) is 22.7 Å². The number of halogens is 2. The summed E-state index contributed by atoms with van der Waals surface area (Å²) in [6.07, 6.45) is 0.427. The van der Waals surface area contributed by atoms with Gasteiger partial charge in [-0.1, -0.05) is 12.1 Å². The predicted molar refractivity (Wildman–Crippen MR) is 52.7 cm³/mol. The van der Waals surface area contributed by atoms with Crippen LogP contribution in [0.1, 0.15) is 18.9 Å². The van der Waals surface area contributed by atoms with Crippen molar-refractivity contribution >= 4 is 15.9 Å². The van der Waals surface area contributed by atoms with Gasteiger partial charge in [-0.3, -0.25) is 0 Å². The highest BCUT2D eigenvalue weighted by Crippen LogP contribution is 2.43. The quantitative estimate of drug-likeness (QED) is 0.680. The summed E-state index contributed by atoms with van der Waals surface area (Å²) in [5.74, 6) is 0.652. The molecule has 0 aromatic heterocycles. The molecule has 1 unspecified atom stereocenters. The lowest BCUT2D eigenvalue weighted by Gasteiger charge is -2.29. The van der Waals surface area contributed by atoms with Crippen LogP contribution in [0.4, 0.5) is 4.39 Å². The summed E-state index contributed by atoms with van der Waals surface area (Å²) in [4.78, 5) is 0. The van der Waals surface area contributed by atoms with Gasteiger partial charge >= 0.3 is 0 Å². The first kappa shape index (κ1) is 9.00. The Labute approximate surface area is 85.0 Å². The molecule has 0 fully saturated rings. The van der Waals surface area contributed by atoms with Crippen molar-refractivity contribution in [3.63, 3.8) is 0 Å². The highest BCUT2D eigenvalue weighted by molar-refractivity contribution is 9.10. The molecule has 1 nitrogen and oxygen atoms in total. The molecule has 0 saturated heterocycles. The molecule has 0 bridgehead atoms. The molecule has 0 aliphatic carbocycles. The van der Waals surface area contributed by atoms with Gasteiger partial charge in [-0.2, -0.15) is 0 Å². The predicted octanol–water partition coefficient (Wildman–Crippen LogP) is 3.42. The van der Waals surface area contributed by atoms with Crippen molar-refractivity contribution in [3.05, 3.63) is 28.2 Å². The first-order valence-electron chi connectivity index (χ1n) is 4.22. The van der Waals surface area contributed by atoms with Crippen LogP contribution < -0.4 is 4.74 Å². The summed E-state index contributed by atoms with van der Waals surface area (Å²) in [6, 6.07) is 5.47. The van der Waals surface area contributed by atoms with Gasteiger partial charge in [0, 0.05) is 12.0 Å². The molecule has 1 aromatic carbocycles. The second-order valence-corrected chi connectivity index (χ2v) is 4.27. The Morgan fingerprint density at radius 2 is 2.31 bits per heavy atom. The fraction of sp³-hybridized carbons (Fsp3) is 0.400. The van der Waals surface area contributed by atoms with Crippen molar-refractivity contribution in [2.24, 2.45) is 0 Å². The summed E-state index contributed by atoms with van der Waals surface area (Å²) < 4.78 is 20.2. The molecule has 0 saturated carbocycles. The van der Waals surface area contributed by atoms with Crippen LogP contribution in [0, 0.1) is 0 Å². The lowest BCUT2D eigenvalue weighted by atomic mass is 9.92. The van der Waals surface area contributed by atoms with Gasteiger partial charge < -0.3 is 4.74 Å². The van der Waals surface area contributed by atoms with Crippen LogP contribution in [0.2, 0.25) is 0 Å².